The summed E-state index contributed by atoms with van der Waals surface area (Å²) in [6, 6.07) is -10.3. The van der Waals surface area contributed by atoms with E-state index in [-0.39, 0.29) is 38.8 Å². The zero-order chi connectivity index (χ0) is 42.8. The Balaban J connectivity index is 6.23. The first-order valence-electron chi connectivity index (χ1n) is 18.3. The Hall–Kier alpha value is -4.97. The Labute approximate surface area is 324 Å². The number of nitrogens with two attached hydrogens (primary N) is 2. The number of carbonyl (C=O) groups is 9. The number of hydrogen-bond acceptors (Lipinski definition) is 14. The first-order valence-corrected chi connectivity index (χ1v) is 18.3. The van der Waals surface area contributed by atoms with Crippen LogP contribution >= 0.6 is 0 Å². The molecule has 23 nitrogen and oxygen atoms in total. The standard InChI is InChI=1S/C33H60N10O13/c1-18(33(55)56)37-27(49)22(11-8-13-35)39-30(52)23(15-26(47)48)42-28(50)21(10-5-7-14-36-3)41-32(54)25(17-45)43-29(51)20(9-4-6-12-34)40-31(53)24(16-44)38-19(2)46/h18,20-25,36,44-45H,4-17,34-35H2,1-3H3,(H,37,49)(H,38,46)(H,39,52)(H,40,53)(H,41,54)(H,42,50)(H,43,51)(H,47,48)(H,55,56)/t18-,20-,21-,22-,23-,24-,25-/m0/s1. The highest BCUT2D eigenvalue weighted by atomic mass is 16.4. The molecule has 0 rings (SSSR count). The van der Waals surface area contributed by atoms with Crippen LogP contribution in [0.1, 0.15) is 71.6 Å². The first-order chi connectivity index (χ1) is 26.4. The Morgan fingerprint density at radius 2 is 0.893 bits per heavy atom. The lowest BCUT2D eigenvalue weighted by atomic mass is 10.0. The maximum atomic E-state index is 13.6. The van der Waals surface area contributed by atoms with Crippen LogP contribution < -0.4 is 54.0 Å². The van der Waals surface area contributed by atoms with Gasteiger partial charge in [0.25, 0.3) is 0 Å². The van der Waals surface area contributed by atoms with Crippen molar-refractivity contribution in [2.24, 2.45) is 11.5 Å². The monoisotopic (exact) mass is 804 g/mol. The van der Waals surface area contributed by atoms with Crippen LogP contribution in [-0.4, -0.2) is 156 Å². The van der Waals surface area contributed by atoms with Crippen molar-refractivity contribution < 1.29 is 63.6 Å². The van der Waals surface area contributed by atoms with Crippen LogP contribution in [-0.2, 0) is 43.2 Å². The third-order valence-corrected chi connectivity index (χ3v) is 8.15. The van der Waals surface area contributed by atoms with Gasteiger partial charge in [0.05, 0.1) is 19.6 Å². The lowest BCUT2D eigenvalue weighted by molar-refractivity contribution is -0.143. The van der Waals surface area contributed by atoms with Crippen LogP contribution in [0.2, 0.25) is 0 Å². The van der Waals surface area contributed by atoms with Gasteiger partial charge in [-0.25, -0.2) is 0 Å². The maximum Gasteiger partial charge on any atom is 0.325 e. The maximum absolute atomic E-state index is 13.6. The number of aliphatic hydroxyl groups excluding tert-OH is 2. The van der Waals surface area contributed by atoms with Crippen LogP contribution in [0, 0.1) is 0 Å². The predicted octanol–water partition coefficient (Wildman–Crippen LogP) is -5.78. The van der Waals surface area contributed by atoms with E-state index in [1.54, 1.807) is 7.05 Å². The highest BCUT2D eigenvalue weighted by molar-refractivity contribution is 5.98. The molecule has 0 bridgehead atoms. The SMILES string of the molecule is CNCCCC[C@H](NC(=O)[C@H](CO)NC(=O)[C@H](CCCCN)NC(=O)[C@H](CO)NC(C)=O)C(=O)N[C@@H](CC(=O)O)C(=O)N[C@@H](CCCN)C(=O)N[C@@H](C)C(=O)O. The van der Waals surface area contributed by atoms with Crippen LogP contribution in [0.25, 0.3) is 0 Å². The second-order valence-electron chi connectivity index (χ2n) is 12.9. The van der Waals surface area contributed by atoms with E-state index in [0.717, 1.165) is 6.92 Å². The topological polar surface area (TPSA) is 383 Å². The molecule has 0 aliphatic heterocycles. The van der Waals surface area contributed by atoms with Gasteiger partial charge < -0.3 is 74.4 Å². The molecule has 16 N–H and O–H groups in total. The van der Waals surface area contributed by atoms with Gasteiger partial charge in [-0.2, -0.15) is 0 Å². The van der Waals surface area contributed by atoms with Gasteiger partial charge in [0, 0.05) is 6.92 Å². The second kappa shape index (κ2) is 28.4. The Morgan fingerprint density at radius 1 is 0.518 bits per heavy atom. The van der Waals surface area contributed by atoms with Crippen molar-refractivity contribution in [1.82, 2.24) is 42.5 Å². The van der Waals surface area contributed by atoms with E-state index in [1.165, 1.54) is 6.92 Å². The molecular formula is C33H60N10O13. The number of rotatable bonds is 30. The molecule has 23 heteroatoms. The quantitative estimate of drug-likeness (QED) is 0.0301. The highest BCUT2D eigenvalue weighted by Crippen LogP contribution is 2.07. The van der Waals surface area contributed by atoms with Crippen molar-refractivity contribution in [1.29, 1.82) is 0 Å². The van der Waals surface area contributed by atoms with Gasteiger partial charge in [-0.1, -0.05) is 0 Å². The molecule has 0 heterocycles. The van der Waals surface area contributed by atoms with E-state index < -0.39 is 115 Å². The van der Waals surface area contributed by atoms with E-state index in [2.05, 4.69) is 42.5 Å². The number of nitrogens with one attached hydrogen (secondary N) is 8. The summed E-state index contributed by atoms with van der Waals surface area (Å²) in [5.41, 5.74) is 11.1. The third-order valence-electron chi connectivity index (χ3n) is 8.15. The van der Waals surface area contributed by atoms with Gasteiger partial charge in [0.15, 0.2) is 0 Å². The summed E-state index contributed by atoms with van der Waals surface area (Å²) in [6.07, 6.45) is 0.795. The van der Waals surface area contributed by atoms with Crippen molar-refractivity contribution in [2.45, 2.75) is 114 Å². The zero-order valence-electron chi connectivity index (χ0n) is 32.1. The number of aliphatic hydroxyl groups is 2. The summed E-state index contributed by atoms with van der Waals surface area (Å²) in [5, 5.41) is 57.4. The largest absolute Gasteiger partial charge is 0.481 e. The fourth-order valence-electron chi connectivity index (χ4n) is 5.03. The van der Waals surface area contributed by atoms with E-state index in [0.29, 0.717) is 32.2 Å². The minimum atomic E-state index is -1.78. The van der Waals surface area contributed by atoms with Crippen molar-refractivity contribution in [3.05, 3.63) is 0 Å². The van der Waals surface area contributed by atoms with Gasteiger partial charge in [0.1, 0.15) is 42.3 Å². The number of aliphatic carboxylic acids is 2. The number of carbonyl (C=O) groups excluding carboxylic acids is 7. The normalized spacial score (nSPS) is 14.6. The van der Waals surface area contributed by atoms with Gasteiger partial charge >= 0.3 is 11.9 Å². The first kappa shape index (κ1) is 51.0. The average molecular weight is 805 g/mol. The summed E-state index contributed by atoms with van der Waals surface area (Å²) in [6.45, 7) is 1.43. The van der Waals surface area contributed by atoms with Crippen LogP contribution in [0.4, 0.5) is 0 Å². The molecule has 320 valence electrons. The Kier molecular flexibility index (Phi) is 25.9. The summed E-state index contributed by atoms with van der Waals surface area (Å²) < 4.78 is 0. The van der Waals surface area contributed by atoms with E-state index in [4.69, 9.17) is 16.6 Å². The fraction of sp³-hybridized carbons (Fsp3) is 0.727. The zero-order valence-corrected chi connectivity index (χ0v) is 32.1. The van der Waals surface area contributed by atoms with E-state index >= 15 is 0 Å². The Morgan fingerprint density at radius 3 is 1.30 bits per heavy atom. The predicted molar refractivity (Wildman–Crippen MR) is 198 cm³/mol. The molecule has 7 atom stereocenters. The van der Waals surface area contributed by atoms with Crippen LogP contribution in [0.5, 0.6) is 0 Å². The highest BCUT2D eigenvalue weighted by Gasteiger charge is 2.34. The van der Waals surface area contributed by atoms with Gasteiger partial charge in [-0.05, 0) is 85.0 Å². The molecule has 0 spiro atoms. The summed E-state index contributed by atoms with van der Waals surface area (Å²) in [4.78, 5) is 114. The molecule has 0 saturated heterocycles. The van der Waals surface area contributed by atoms with E-state index in [1.807, 2.05) is 0 Å². The van der Waals surface area contributed by atoms with E-state index in [9.17, 15) is 58.5 Å². The molecule has 0 fully saturated rings. The lowest BCUT2D eigenvalue weighted by Crippen LogP contribution is -2.60. The number of unbranched alkanes of at least 4 members (excludes halogenated alkanes) is 2. The fourth-order valence-corrected chi connectivity index (χ4v) is 5.03. The van der Waals surface area contributed by atoms with Crippen molar-refractivity contribution >= 4 is 53.3 Å². The number of amides is 7. The van der Waals surface area contributed by atoms with Crippen LogP contribution in [0.3, 0.4) is 0 Å². The third kappa shape index (κ3) is 20.6. The molecule has 0 aliphatic carbocycles. The lowest BCUT2D eigenvalue weighted by Gasteiger charge is -2.27. The molecule has 0 aromatic heterocycles. The molecule has 0 aromatic rings. The summed E-state index contributed by atoms with van der Waals surface area (Å²) in [7, 11) is 1.69. The molecule has 0 radical (unpaired) electrons. The van der Waals surface area contributed by atoms with Crippen molar-refractivity contribution in [2.75, 3.05) is 39.9 Å². The smallest absolute Gasteiger partial charge is 0.325 e. The number of carboxylic acid groups (broad SMARTS) is 2. The van der Waals surface area contributed by atoms with Crippen LogP contribution in [0.15, 0.2) is 0 Å². The van der Waals surface area contributed by atoms with Crippen molar-refractivity contribution in [3.63, 3.8) is 0 Å². The molecule has 0 aliphatic rings. The summed E-state index contributed by atoms with van der Waals surface area (Å²) in [5.74, 6) is -9.39. The molecular weight excluding hydrogens is 744 g/mol. The molecule has 0 saturated carbocycles. The van der Waals surface area contributed by atoms with Crippen molar-refractivity contribution in [3.8, 4) is 0 Å². The Bertz CT molecular complexity index is 1320. The molecule has 7 amide bonds. The van der Waals surface area contributed by atoms with Gasteiger partial charge in [-0.15, -0.1) is 0 Å². The second-order valence-corrected chi connectivity index (χ2v) is 12.9. The molecule has 56 heavy (non-hydrogen) atoms. The minimum Gasteiger partial charge on any atom is -0.481 e. The van der Waals surface area contributed by atoms with Gasteiger partial charge in [0.2, 0.25) is 41.4 Å². The molecule has 0 aromatic carbocycles. The van der Waals surface area contributed by atoms with Gasteiger partial charge in [-0.3, -0.25) is 43.2 Å². The average Bonchev–Trinajstić information content (AvgIpc) is 3.14. The summed E-state index contributed by atoms with van der Waals surface area (Å²) >= 11 is 0. The number of hydrogen-bond donors (Lipinski definition) is 14. The molecule has 0 unspecified atom stereocenters. The minimum absolute atomic E-state index is 0.0175. The number of carboxylic acids is 2.